The van der Waals surface area contributed by atoms with Gasteiger partial charge in [0.25, 0.3) is 10.5 Å². The predicted octanol–water partition coefficient (Wildman–Crippen LogP) is 1.95. The summed E-state index contributed by atoms with van der Waals surface area (Å²) >= 11 is 2.10. The molecule has 0 unspecified atom stereocenters. The number of nitrogens with one attached hydrogen (secondary N) is 1. The highest BCUT2D eigenvalue weighted by molar-refractivity contribution is 8.14. The van der Waals surface area contributed by atoms with Gasteiger partial charge in [-0.2, -0.15) is 0 Å². The quantitative estimate of drug-likeness (QED) is 0.713. The van der Waals surface area contributed by atoms with Crippen LogP contribution in [0.4, 0.5) is 4.79 Å². The third-order valence-electron chi connectivity index (χ3n) is 3.61. The normalized spacial score (nSPS) is 14.1. The van der Waals surface area contributed by atoms with Gasteiger partial charge in [-0.1, -0.05) is 41.7 Å². The van der Waals surface area contributed by atoms with E-state index >= 15 is 0 Å². The summed E-state index contributed by atoms with van der Waals surface area (Å²) in [6, 6.07) is 7.66. The molecule has 3 amide bonds. The Hall–Kier alpha value is -2.33. The van der Waals surface area contributed by atoms with Gasteiger partial charge in [0.15, 0.2) is 0 Å². The van der Waals surface area contributed by atoms with Gasteiger partial charge in [-0.25, -0.2) is 0 Å². The lowest BCUT2D eigenvalue weighted by Gasteiger charge is -2.12. The molecule has 3 rings (SSSR count). The lowest BCUT2D eigenvalue weighted by molar-refractivity contribution is -0.125. The molecule has 1 fully saturated rings. The second kappa shape index (κ2) is 8.37. The standard InChI is InChI=1S/C16H16N4O4S2/c1-10-4-2-3-5-11(10)14-18-19-15(24-14)25-8-12(21)17-6-7-20-13(22)9-26-16(20)23/h2-5H,6-9H2,1H3,(H,17,21). The molecule has 1 aromatic heterocycles. The minimum atomic E-state index is -0.270. The summed E-state index contributed by atoms with van der Waals surface area (Å²) in [7, 11) is 0. The van der Waals surface area contributed by atoms with E-state index in [2.05, 4.69) is 15.5 Å². The summed E-state index contributed by atoms with van der Waals surface area (Å²) in [5, 5.41) is 10.6. The molecule has 0 saturated carbocycles. The summed E-state index contributed by atoms with van der Waals surface area (Å²) < 4.78 is 5.58. The molecule has 1 aliphatic heterocycles. The topological polar surface area (TPSA) is 105 Å². The first-order chi connectivity index (χ1) is 12.5. The number of nitrogens with zero attached hydrogens (tertiary/aromatic N) is 3. The lowest BCUT2D eigenvalue weighted by Crippen LogP contribution is -2.38. The molecule has 2 heterocycles. The average Bonchev–Trinajstić information content (AvgIpc) is 3.22. The van der Waals surface area contributed by atoms with Crippen LogP contribution in [0, 0.1) is 6.92 Å². The number of hydrogen-bond acceptors (Lipinski definition) is 8. The summed E-state index contributed by atoms with van der Waals surface area (Å²) in [6.45, 7) is 2.35. The van der Waals surface area contributed by atoms with Gasteiger partial charge >= 0.3 is 0 Å². The van der Waals surface area contributed by atoms with E-state index in [1.807, 2.05) is 31.2 Å². The molecule has 2 aromatic rings. The number of benzene rings is 1. The fourth-order valence-electron chi connectivity index (χ4n) is 2.27. The summed E-state index contributed by atoms with van der Waals surface area (Å²) in [5.41, 5.74) is 1.88. The van der Waals surface area contributed by atoms with Crippen LogP contribution >= 0.6 is 23.5 Å². The molecule has 0 aliphatic carbocycles. The smallest absolute Gasteiger partial charge is 0.288 e. The van der Waals surface area contributed by atoms with Gasteiger partial charge in [-0.15, -0.1) is 10.2 Å². The van der Waals surface area contributed by atoms with E-state index in [0.29, 0.717) is 11.1 Å². The minimum Gasteiger partial charge on any atom is -0.411 e. The fraction of sp³-hybridized carbons (Fsp3) is 0.312. The van der Waals surface area contributed by atoms with Crippen LogP contribution in [0.5, 0.6) is 0 Å². The number of hydrogen-bond donors (Lipinski definition) is 1. The molecule has 136 valence electrons. The van der Waals surface area contributed by atoms with E-state index in [9.17, 15) is 14.4 Å². The van der Waals surface area contributed by atoms with Crippen molar-refractivity contribution in [3.8, 4) is 11.5 Å². The molecule has 1 aromatic carbocycles. The van der Waals surface area contributed by atoms with Crippen molar-refractivity contribution < 1.29 is 18.8 Å². The van der Waals surface area contributed by atoms with Crippen LogP contribution in [0.2, 0.25) is 0 Å². The highest BCUT2D eigenvalue weighted by atomic mass is 32.2. The lowest BCUT2D eigenvalue weighted by atomic mass is 10.1. The van der Waals surface area contributed by atoms with Crippen LogP contribution in [-0.4, -0.2) is 56.7 Å². The van der Waals surface area contributed by atoms with Gasteiger partial charge in [0, 0.05) is 18.7 Å². The van der Waals surface area contributed by atoms with E-state index in [1.165, 1.54) is 0 Å². The number of aryl methyl sites for hydroxylation is 1. The number of thioether (sulfide) groups is 2. The molecule has 8 nitrogen and oxygen atoms in total. The van der Waals surface area contributed by atoms with Crippen molar-refractivity contribution in [1.82, 2.24) is 20.4 Å². The van der Waals surface area contributed by atoms with Gasteiger partial charge in [0.2, 0.25) is 17.7 Å². The monoisotopic (exact) mass is 392 g/mol. The Morgan fingerprint density at radius 1 is 1.35 bits per heavy atom. The van der Waals surface area contributed by atoms with Gasteiger partial charge in [-0.05, 0) is 18.6 Å². The van der Waals surface area contributed by atoms with Crippen molar-refractivity contribution in [2.24, 2.45) is 0 Å². The summed E-state index contributed by atoms with van der Waals surface area (Å²) in [6.07, 6.45) is 0. The minimum absolute atomic E-state index is 0.103. The highest BCUT2D eigenvalue weighted by Crippen LogP contribution is 2.25. The van der Waals surface area contributed by atoms with E-state index in [-0.39, 0.29) is 41.6 Å². The Balaban J connectivity index is 1.44. The third kappa shape index (κ3) is 4.44. The first-order valence-electron chi connectivity index (χ1n) is 7.80. The fourth-order valence-corrected chi connectivity index (χ4v) is 3.62. The zero-order chi connectivity index (χ0) is 18.5. The third-order valence-corrected chi connectivity index (χ3v) is 5.28. The van der Waals surface area contributed by atoms with Crippen LogP contribution in [0.25, 0.3) is 11.5 Å². The van der Waals surface area contributed by atoms with E-state index in [1.54, 1.807) is 0 Å². The van der Waals surface area contributed by atoms with Crippen LogP contribution in [0.15, 0.2) is 33.9 Å². The zero-order valence-electron chi connectivity index (χ0n) is 13.9. The first kappa shape index (κ1) is 18.5. The predicted molar refractivity (Wildman–Crippen MR) is 97.8 cm³/mol. The van der Waals surface area contributed by atoms with E-state index in [0.717, 1.165) is 39.6 Å². The van der Waals surface area contributed by atoms with Crippen molar-refractivity contribution in [2.45, 2.75) is 12.1 Å². The Bertz CT molecular complexity index is 823. The molecule has 0 bridgehead atoms. The summed E-state index contributed by atoms with van der Waals surface area (Å²) in [4.78, 5) is 35.9. The maximum atomic E-state index is 11.9. The number of imide groups is 1. The Labute approximate surface area is 158 Å². The maximum Gasteiger partial charge on any atom is 0.288 e. The number of amides is 3. The number of aromatic nitrogens is 2. The van der Waals surface area contributed by atoms with Crippen molar-refractivity contribution >= 4 is 40.6 Å². The number of carbonyl (C=O) groups is 3. The van der Waals surface area contributed by atoms with Gasteiger partial charge in [0.1, 0.15) is 0 Å². The van der Waals surface area contributed by atoms with Gasteiger partial charge < -0.3 is 9.73 Å². The first-order valence-corrected chi connectivity index (χ1v) is 9.78. The van der Waals surface area contributed by atoms with Crippen molar-refractivity contribution in [3.05, 3.63) is 29.8 Å². The van der Waals surface area contributed by atoms with Crippen LogP contribution in [0.3, 0.4) is 0 Å². The maximum absolute atomic E-state index is 11.9. The molecule has 1 saturated heterocycles. The average molecular weight is 392 g/mol. The second-order valence-corrected chi connectivity index (χ2v) is 7.28. The van der Waals surface area contributed by atoms with Crippen LogP contribution in [-0.2, 0) is 9.59 Å². The second-order valence-electron chi connectivity index (χ2n) is 5.43. The van der Waals surface area contributed by atoms with Crippen LogP contribution < -0.4 is 5.32 Å². The molecule has 1 aliphatic rings. The van der Waals surface area contributed by atoms with Crippen molar-refractivity contribution in [1.29, 1.82) is 0 Å². The Kier molecular flexibility index (Phi) is 5.94. The van der Waals surface area contributed by atoms with Gasteiger partial charge in [0.05, 0.1) is 11.5 Å². The molecule has 10 heteroatoms. The zero-order valence-corrected chi connectivity index (χ0v) is 15.6. The van der Waals surface area contributed by atoms with E-state index < -0.39 is 0 Å². The Morgan fingerprint density at radius 3 is 2.88 bits per heavy atom. The van der Waals surface area contributed by atoms with E-state index in [4.69, 9.17) is 4.42 Å². The van der Waals surface area contributed by atoms with Crippen molar-refractivity contribution in [2.75, 3.05) is 24.6 Å². The molecule has 1 N–H and O–H groups in total. The summed E-state index contributed by atoms with van der Waals surface area (Å²) in [5.74, 6) is 0.222. The van der Waals surface area contributed by atoms with Crippen LogP contribution in [0.1, 0.15) is 5.56 Å². The molecular formula is C16H16N4O4S2. The highest BCUT2D eigenvalue weighted by Gasteiger charge is 2.29. The number of carbonyl (C=O) groups excluding carboxylic acids is 3. The Morgan fingerprint density at radius 2 is 2.15 bits per heavy atom. The molecule has 26 heavy (non-hydrogen) atoms. The molecular weight excluding hydrogens is 376 g/mol. The molecule has 0 spiro atoms. The SMILES string of the molecule is Cc1ccccc1-c1nnc(SCC(=O)NCCN2C(=O)CSC2=O)o1. The molecule has 0 atom stereocenters. The molecule has 0 radical (unpaired) electrons. The van der Waals surface area contributed by atoms with Gasteiger partial charge in [-0.3, -0.25) is 19.3 Å². The number of rotatable bonds is 7. The largest absolute Gasteiger partial charge is 0.411 e. The van der Waals surface area contributed by atoms with Crippen molar-refractivity contribution in [3.63, 3.8) is 0 Å².